The molecule has 0 bridgehead atoms. The van der Waals surface area contributed by atoms with Gasteiger partial charge in [-0.1, -0.05) is 0 Å². The van der Waals surface area contributed by atoms with E-state index < -0.39 is 0 Å². The van der Waals surface area contributed by atoms with E-state index >= 15 is 0 Å². The van der Waals surface area contributed by atoms with E-state index in [1.54, 1.807) is 17.1 Å². The molecule has 1 aliphatic rings. The van der Waals surface area contributed by atoms with Crippen LogP contribution in [0.1, 0.15) is 22.7 Å². The smallest absolute Gasteiger partial charge is 0.303 e. The zero-order chi connectivity index (χ0) is 9.97. The molecule has 6 heteroatoms. The number of halogens is 1. The molecule has 1 saturated heterocycles. The Hall–Kier alpha value is -1.04. The highest BCUT2D eigenvalue weighted by molar-refractivity contribution is 5.91. The predicted octanol–water partition coefficient (Wildman–Crippen LogP) is 0.511. The highest BCUT2D eigenvalue weighted by Gasteiger charge is 2.21. The van der Waals surface area contributed by atoms with Gasteiger partial charge in [0.1, 0.15) is 5.76 Å². The molecule has 0 aliphatic carbocycles. The number of carbonyl (C=O) groups excluding carboxylic acids is 1. The first-order valence-corrected chi connectivity index (χ1v) is 4.65. The highest BCUT2D eigenvalue weighted by Crippen LogP contribution is 2.11. The van der Waals surface area contributed by atoms with E-state index in [2.05, 4.69) is 5.43 Å². The molecule has 0 unspecified atom stereocenters. The zero-order valence-corrected chi connectivity index (χ0v) is 9.05. The van der Waals surface area contributed by atoms with Gasteiger partial charge in [0.05, 0.1) is 6.54 Å². The number of nitrogens with two attached hydrogens (primary N) is 1. The van der Waals surface area contributed by atoms with Gasteiger partial charge in [-0.3, -0.25) is 9.80 Å². The van der Waals surface area contributed by atoms with Crippen LogP contribution < -0.4 is 11.2 Å². The van der Waals surface area contributed by atoms with Gasteiger partial charge in [-0.05, 0) is 18.6 Å². The van der Waals surface area contributed by atoms with E-state index in [1.165, 1.54) is 0 Å². The van der Waals surface area contributed by atoms with Crippen LogP contribution in [0.15, 0.2) is 16.5 Å². The zero-order valence-electron chi connectivity index (χ0n) is 8.23. The van der Waals surface area contributed by atoms with Crippen molar-refractivity contribution in [1.29, 1.82) is 0 Å². The Kier molecular flexibility index (Phi) is 4.14. The van der Waals surface area contributed by atoms with E-state index in [-0.39, 0.29) is 18.3 Å². The van der Waals surface area contributed by atoms with Crippen molar-refractivity contribution in [1.82, 2.24) is 10.4 Å². The lowest BCUT2D eigenvalue weighted by molar-refractivity contribution is 0.0692. The van der Waals surface area contributed by atoms with Crippen LogP contribution in [0.5, 0.6) is 0 Å². The van der Waals surface area contributed by atoms with E-state index in [0.717, 1.165) is 19.5 Å². The molecule has 0 saturated carbocycles. The summed E-state index contributed by atoms with van der Waals surface area (Å²) in [6.45, 7) is 1.90. The lowest BCUT2D eigenvalue weighted by Gasteiger charge is -2.12. The van der Waals surface area contributed by atoms with Crippen LogP contribution in [0.3, 0.4) is 0 Å². The molecule has 1 aromatic rings. The van der Waals surface area contributed by atoms with Crippen LogP contribution >= 0.6 is 12.4 Å². The summed E-state index contributed by atoms with van der Waals surface area (Å²) >= 11 is 0. The Balaban J connectivity index is 0.00000112. The molecule has 0 atom stereocenters. The second-order valence-corrected chi connectivity index (χ2v) is 3.19. The topological polar surface area (TPSA) is 71.5 Å². The molecular weight excluding hydrogens is 218 g/mol. The van der Waals surface area contributed by atoms with E-state index in [0.29, 0.717) is 18.1 Å². The summed E-state index contributed by atoms with van der Waals surface area (Å²) in [4.78, 5) is 11.7. The lowest BCUT2D eigenvalue weighted by Crippen LogP contribution is -2.36. The van der Waals surface area contributed by atoms with Crippen molar-refractivity contribution in [2.24, 2.45) is 5.73 Å². The van der Waals surface area contributed by atoms with Gasteiger partial charge in [-0.15, -0.1) is 12.4 Å². The van der Waals surface area contributed by atoms with Crippen molar-refractivity contribution in [2.75, 3.05) is 13.1 Å². The molecule has 15 heavy (non-hydrogen) atoms. The molecule has 1 fully saturated rings. The largest absolute Gasteiger partial charge is 0.455 e. The minimum atomic E-state index is -0.123. The van der Waals surface area contributed by atoms with Crippen LogP contribution in [0.25, 0.3) is 0 Å². The van der Waals surface area contributed by atoms with E-state index in [1.807, 2.05) is 0 Å². The Labute approximate surface area is 94.0 Å². The number of furan rings is 1. The molecule has 0 spiro atoms. The molecule has 5 nitrogen and oxygen atoms in total. The molecule has 1 aliphatic heterocycles. The van der Waals surface area contributed by atoms with Gasteiger partial charge >= 0.3 is 5.91 Å². The normalized spacial score (nSPS) is 15.1. The third kappa shape index (κ3) is 2.50. The molecule has 3 N–H and O–H groups in total. The number of rotatable bonds is 2. The maximum atomic E-state index is 11.7. The maximum absolute atomic E-state index is 11.7. The number of hydrogen-bond donors (Lipinski definition) is 2. The number of nitrogens with zero attached hydrogens (tertiary/aromatic N) is 1. The monoisotopic (exact) mass is 231 g/mol. The third-order valence-electron chi connectivity index (χ3n) is 2.18. The second-order valence-electron chi connectivity index (χ2n) is 3.19. The van der Waals surface area contributed by atoms with Crippen molar-refractivity contribution >= 4 is 18.3 Å². The van der Waals surface area contributed by atoms with Crippen molar-refractivity contribution in [3.63, 3.8) is 0 Å². The maximum Gasteiger partial charge on any atom is 0.303 e. The van der Waals surface area contributed by atoms with Gasteiger partial charge < -0.3 is 10.2 Å². The molecule has 0 aromatic carbocycles. The first-order valence-electron chi connectivity index (χ1n) is 4.65. The first kappa shape index (κ1) is 12.0. The minimum absolute atomic E-state index is 0. The quantitative estimate of drug-likeness (QED) is 0.778. The molecule has 0 radical (unpaired) electrons. The fourth-order valence-electron chi connectivity index (χ4n) is 1.44. The first-order chi connectivity index (χ1) is 6.81. The Morgan fingerprint density at radius 3 is 2.93 bits per heavy atom. The number of hydrogen-bond acceptors (Lipinski definition) is 4. The summed E-state index contributed by atoms with van der Waals surface area (Å²) in [6.07, 6.45) is 0.982. The van der Waals surface area contributed by atoms with Gasteiger partial charge in [0.2, 0.25) is 0 Å². The van der Waals surface area contributed by atoms with Crippen LogP contribution in [0.2, 0.25) is 0 Å². The van der Waals surface area contributed by atoms with Crippen molar-refractivity contribution < 1.29 is 9.21 Å². The molecule has 2 rings (SSSR count). The van der Waals surface area contributed by atoms with Gasteiger partial charge in [0.15, 0.2) is 5.76 Å². The molecule has 1 amide bonds. The fraction of sp³-hybridized carbons (Fsp3) is 0.444. The third-order valence-corrected chi connectivity index (χ3v) is 2.18. The van der Waals surface area contributed by atoms with Gasteiger partial charge in [0.25, 0.3) is 0 Å². The van der Waals surface area contributed by atoms with Crippen molar-refractivity contribution in [2.45, 2.75) is 13.0 Å². The summed E-state index contributed by atoms with van der Waals surface area (Å²) < 4.78 is 5.25. The standard InChI is InChI=1S/C9H13N3O2.ClH/c10-6-7-2-3-8(14-7)9(13)12-5-1-4-11-12;/h2-3,11H,1,4-6,10H2;1H. The molecule has 84 valence electrons. The summed E-state index contributed by atoms with van der Waals surface area (Å²) in [7, 11) is 0. The number of carbonyl (C=O) groups is 1. The molecule has 1 aromatic heterocycles. The molecule has 2 heterocycles. The predicted molar refractivity (Wildman–Crippen MR) is 57.5 cm³/mol. The van der Waals surface area contributed by atoms with Crippen LogP contribution in [-0.4, -0.2) is 24.0 Å². The second kappa shape index (κ2) is 5.16. The van der Waals surface area contributed by atoms with Crippen LogP contribution in [0.4, 0.5) is 0 Å². The van der Waals surface area contributed by atoms with E-state index in [9.17, 15) is 4.79 Å². The Bertz CT molecular complexity index is 334. The summed E-state index contributed by atoms with van der Waals surface area (Å²) in [5, 5.41) is 1.57. The van der Waals surface area contributed by atoms with Gasteiger partial charge in [0, 0.05) is 13.1 Å². The lowest BCUT2D eigenvalue weighted by atomic mass is 10.4. The Morgan fingerprint density at radius 1 is 1.60 bits per heavy atom. The highest BCUT2D eigenvalue weighted by atomic mass is 35.5. The van der Waals surface area contributed by atoms with Crippen LogP contribution in [-0.2, 0) is 6.54 Å². The van der Waals surface area contributed by atoms with Crippen molar-refractivity contribution in [3.05, 3.63) is 23.7 Å². The SMILES string of the molecule is Cl.NCc1ccc(C(=O)N2CCCN2)o1. The average Bonchev–Trinajstić information content (AvgIpc) is 2.88. The summed E-state index contributed by atoms with van der Waals surface area (Å²) in [5.74, 6) is 0.856. The number of hydrazine groups is 1. The number of nitrogens with one attached hydrogen (secondary N) is 1. The number of amides is 1. The average molecular weight is 232 g/mol. The van der Waals surface area contributed by atoms with Gasteiger partial charge in [-0.25, -0.2) is 5.43 Å². The van der Waals surface area contributed by atoms with Crippen molar-refractivity contribution in [3.8, 4) is 0 Å². The van der Waals surface area contributed by atoms with Crippen LogP contribution in [0, 0.1) is 0 Å². The minimum Gasteiger partial charge on any atom is -0.455 e. The van der Waals surface area contributed by atoms with Gasteiger partial charge in [-0.2, -0.15) is 0 Å². The summed E-state index contributed by atoms with van der Waals surface area (Å²) in [5.41, 5.74) is 8.36. The summed E-state index contributed by atoms with van der Waals surface area (Å²) in [6, 6.07) is 3.38. The fourth-order valence-corrected chi connectivity index (χ4v) is 1.44. The molecular formula is C9H14ClN3O2. The Morgan fingerprint density at radius 2 is 2.40 bits per heavy atom. The van der Waals surface area contributed by atoms with E-state index in [4.69, 9.17) is 10.2 Å².